The molecule has 192 valence electrons. The first-order valence-corrected chi connectivity index (χ1v) is 12.1. The van der Waals surface area contributed by atoms with Gasteiger partial charge >= 0.3 is 0 Å². The summed E-state index contributed by atoms with van der Waals surface area (Å²) in [4.78, 5) is 35.1. The Balaban J connectivity index is 2.03. The lowest BCUT2D eigenvalue weighted by atomic mass is 9.85. The third kappa shape index (κ3) is 6.20. The van der Waals surface area contributed by atoms with Crippen molar-refractivity contribution in [1.29, 1.82) is 0 Å². The molecule has 1 aromatic carbocycles. The van der Waals surface area contributed by atoms with Gasteiger partial charge in [0.25, 0.3) is 5.91 Å². The molecule has 1 atom stereocenters. The summed E-state index contributed by atoms with van der Waals surface area (Å²) in [7, 11) is 5.23. The number of methoxy groups -OCH3 is 1. The number of ether oxygens (including phenoxy) is 1. The molecule has 1 aliphatic rings. The lowest BCUT2D eigenvalue weighted by Gasteiger charge is -2.33. The average Bonchev–Trinajstić information content (AvgIpc) is 3.02. The maximum atomic E-state index is 14.8. The van der Waals surface area contributed by atoms with E-state index in [1.807, 2.05) is 32.4 Å². The molecule has 0 aliphatic carbocycles. The predicted octanol–water partition coefficient (Wildman–Crippen LogP) is 3.43. The normalized spacial score (nSPS) is 15.3. The number of amides is 2. The second-order valence-corrected chi connectivity index (χ2v) is 10.6. The zero-order valence-electron chi connectivity index (χ0n) is 21.3. The van der Waals surface area contributed by atoms with Crippen molar-refractivity contribution in [2.75, 3.05) is 40.9 Å². The molecule has 1 N–H and O–H groups in total. The number of imidazole rings is 1. The summed E-state index contributed by atoms with van der Waals surface area (Å²) in [6.45, 7) is 8.37. The molecule has 8 nitrogen and oxygen atoms in total. The van der Waals surface area contributed by atoms with Gasteiger partial charge in [-0.3, -0.25) is 9.59 Å². The monoisotopic (exact) mass is 507 g/mol. The Morgan fingerprint density at radius 1 is 1.31 bits per heavy atom. The number of benzene rings is 1. The first-order chi connectivity index (χ1) is 16.4. The van der Waals surface area contributed by atoms with Crippen molar-refractivity contribution in [2.24, 2.45) is 5.41 Å². The highest BCUT2D eigenvalue weighted by atomic mass is 35.5. The van der Waals surface area contributed by atoms with Crippen molar-refractivity contribution in [1.82, 2.24) is 24.7 Å². The molecule has 2 aromatic rings. The Kier molecular flexibility index (Phi) is 8.56. The third-order valence-electron chi connectivity index (χ3n) is 6.19. The number of rotatable bonds is 7. The molecular weight excluding hydrogens is 473 g/mol. The molecule has 0 saturated carbocycles. The molecule has 0 saturated heterocycles. The van der Waals surface area contributed by atoms with Gasteiger partial charge in [-0.1, -0.05) is 32.4 Å². The number of fused-ring (bicyclic) bond motifs is 1. The molecule has 1 aromatic heterocycles. The second-order valence-electron chi connectivity index (χ2n) is 10.1. The fourth-order valence-electron chi connectivity index (χ4n) is 4.18. The zero-order chi connectivity index (χ0) is 25.9. The van der Waals surface area contributed by atoms with E-state index in [9.17, 15) is 14.0 Å². The van der Waals surface area contributed by atoms with Crippen molar-refractivity contribution >= 4 is 23.4 Å². The molecule has 1 aliphatic heterocycles. The topological polar surface area (TPSA) is 79.7 Å². The molecule has 35 heavy (non-hydrogen) atoms. The summed E-state index contributed by atoms with van der Waals surface area (Å²) in [6, 6.07) is 3.51. The van der Waals surface area contributed by atoms with Crippen LogP contribution in [0.25, 0.3) is 11.4 Å². The standard InChI is InChI=1S/C25H35ClFN5O3/c1-25(2,3)21(24(34)31(5)12-13-35-6)29-23(33)20-19-15-30(4)10-7-11-32(19)22(28-20)17-14-16(26)8-9-18(17)27/h8-9,14,21H,7,10-13,15H2,1-6H3,(H,29,33)/t21-/m1/s1. The molecule has 0 unspecified atom stereocenters. The van der Waals surface area contributed by atoms with Gasteiger partial charge in [-0.15, -0.1) is 0 Å². The van der Waals surface area contributed by atoms with E-state index in [0.29, 0.717) is 42.8 Å². The van der Waals surface area contributed by atoms with Gasteiger partial charge in [0.1, 0.15) is 17.7 Å². The van der Waals surface area contributed by atoms with E-state index in [-0.39, 0.29) is 17.2 Å². The fraction of sp³-hybridized carbons (Fsp3) is 0.560. The van der Waals surface area contributed by atoms with Crippen molar-refractivity contribution in [3.8, 4) is 11.4 Å². The van der Waals surface area contributed by atoms with Gasteiger partial charge in [-0.05, 0) is 43.6 Å². The molecule has 0 spiro atoms. The van der Waals surface area contributed by atoms with E-state index in [1.165, 1.54) is 18.2 Å². The van der Waals surface area contributed by atoms with E-state index < -0.39 is 23.2 Å². The number of nitrogens with one attached hydrogen (secondary N) is 1. The van der Waals surface area contributed by atoms with E-state index in [1.54, 1.807) is 19.1 Å². The molecule has 0 radical (unpaired) electrons. The minimum Gasteiger partial charge on any atom is -0.383 e. The SMILES string of the molecule is COCCN(C)C(=O)[C@@H](NC(=O)c1nc(-c2cc(Cl)ccc2F)n2c1CN(C)CCC2)C(C)(C)C. The first-order valence-electron chi connectivity index (χ1n) is 11.7. The van der Waals surface area contributed by atoms with E-state index in [2.05, 4.69) is 15.2 Å². The first kappa shape index (κ1) is 27.1. The smallest absolute Gasteiger partial charge is 0.272 e. The zero-order valence-corrected chi connectivity index (χ0v) is 22.1. The van der Waals surface area contributed by atoms with Gasteiger partial charge in [0, 0.05) is 38.8 Å². The van der Waals surface area contributed by atoms with Crippen molar-refractivity contribution in [3.63, 3.8) is 0 Å². The van der Waals surface area contributed by atoms with Crippen LogP contribution in [-0.4, -0.2) is 78.1 Å². The van der Waals surface area contributed by atoms with Gasteiger partial charge in [0.15, 0.2) is 5.69 Å². The highest BCUT2D eigenvalue weighted by Gasteiger charge is 2.36. The van der Waals surface area contributed by atoms with Gasteiger partial charge in [-0.25, -0.2) is 9.37 Å². The third-order valence-corrected chi connectivity index (χ3v) is 6.43. The largest absolute Gasteiger partial charge is 0.383 e. The van der Waals surface area contributed by atoms with Crippen LogP contribution in [0.3, 0.4) is 0 Å². The maximum Gasteiger partial charge on any atom is 0.272 e. The minimum atomic E-state index is -0.788. The number of nitrogens with zero attached hydrogens (tertiary/aromatic N) is 4. The molecule has 3 rings (SSSR count). The summed E-state index contributed by atoms with van der Waals surface area (Å²) < 4.78 is 21.8. The van der Waals surface area contributed by atoms with Crippen LogP contribution in [0.2, 0.25) is 5.02 Å². The number of hydrogen-bond acceptors (Lipinski definition) is 5. The lowest BCUT2D eigenvalue weighted by molar-refractivity contribution is -0.135. The van der Waals surface area contributed by atoms with Crippen LogP contribution in [-0.2, 0) is 22.6 Å². The van der Waals surface area contributed by atoms with Crippen LogP contribution in [0.5, 0.6) is 0 Å². The number of carbonyl (C=O) groups excluding carboxylic acids is 2. The van der Waals surface area contributed by atoms with Crippen LogP contribution in [0.15, 0.2) is 18.2 Å². The number of halogens is 2. The number of aromatic nitrogens is 2. The summed E-state index contributed by atoms with van der Waals surface area (Å²) in [6.07, 6.45) is 0.823. The number of carbonyl (C=O) groups is 2. The molecule has 2 heterocycles. The fourth-order valence-corrected chi connectivity index (χ4v) is 4.36. The van der Waals surface area contributed by atoms with E-state index in [0.717, 1.165) is 13.0 Å². The molecule has 10 heteroatoms. The van der Waals surface area contributed by atoms with Crippen LogP contribution in [0.4, 0.5) is 4.39 Å². The summed E-state index contributed by atoms with van der Waals surface area (Å²) in [5, 5.41) is 3.30. The second kappa shape index (κ2) is 11.1. The maximum absolute atomic E-state index is 14.8. The summed E-state index contributed by atoms with van der Waals surface area (Å²) in [5.41, 5.74) is 0.563. The summed E-state index contributed by atoms with van der Waals surface area (Å²) in [5.74, 6) is -0.789. The van der Waals surface area contributed by atoms with E-state index in [4.69, 9.17) is 16.3 Å². The Morgan fingerprint density at radius 2 is 2.03 bits per heavy atom. The lowest BCUT2D eigenvalue weighted by Crippen LogP contribution is -2.54. The average molecular weight is 508 g/mol. The van der Waals surface area contributed by atoms with Crippen molar-refractivity contribution in [3.05, 3.63) is 40.4 Å². The highest BCUT2D eigenvalue weighted by molar-refractivity contribution is 6.30. The van der Waals surface area contributed by atoms with E-state index >= 15 is 0 Å². The minimum absolute atomic E-state index is 0.190. The molecular formula is C25H35ClFN5O3. The Hall–Kier alpha value is -2.49. The number of likely N-dealkylation sites (N-methyl/N-ethyl adjacent to an activating group) is 1. The Labute approximate surface area is 211 Å². The molecule has 2 amide bonds. The highest BCUT2D eigenvalue weighted by Crippen LogP contribution is 2.30. The van der Waals surface area contributed by atoms with Gasteiger partial charge in [-0.2, -0.15) is 0 Å². The Morgan fingerprint density at radius 3 is 2.69 bits per heavy atom. The van der Waals surface area contributed by atoms with Crippen LogP contribution in [0.1, 0.15) is 43.4 Å². The quantitative estimate of drug-likeness (QED) is 0.621. The van der Waals surface area contributed by atoms with Crippen molar-refractivity contribution < 1.29 is 18.7 Å². The molecule has 0 bridgehead atoms. The summed E-state index contributed by atoms with van der Waals surface area (Å²) >= 11 is 6.15. The van der Waals surface area contributed by atoms with Crippen molar-refractivity contribution in [2.45, 2.75) is 46.3 Å². The van der Waals surface area contributed by atoms with Gasteiger partial charge in [0.2, 0.25) is 5.91 Å². The Bertz CT molecular complexity index is 1080. The van der Waals surface area contributed by atoms with Gasteiger partial charge in [0.05, 0.1) is 17.9 Å². The van der Waals surface area contributed by atoms with Gasteiger partial charge < -0.3 is 24.4 Å². The predicted molar refractivity (Wildman–Crippen MR) is 134 cm³/mol. The van der Waals surface area contributed by atoms with Crippen LogP contribution >= 0.6 is 11.6 Å². The molecule has 0 fully saturated rings. The van der Waals surface area contributed by atoms with Crippen LogP contribution < -0.4 is 5.32 Å². The number of hydrogen-bond donors (Lipinski definition) is 1. The van der Waals surface area contributed by atoms with Crippen LogP contribution in [0, 0.1) is 11.2 Å².